The molecular weight excluding hydrogens is 298 g/mol. The molecule has 0 saturated heterocycles. The van der Waals surface area contributed by atoms with Crippen LogP contribution in [0.1, 0.15) is 24.2 Å². The van der Waals surface area contributed by atoms with Gasteiger partial charge in [0, 0.05) is 5.56 Å². The lowest BCUT2D eigenvalue weighted by molar-refractivity contribution is 0.0871. The summed E-state index contributed by atoms with van der Waals surface area (Å²) in [5, 5.41) is 19.0. The second-order valence-corrected chi connectivity index (χ2v) is 6.97. The number of carbonyl (C=O) groups excluding carboxylic acids is 1. The largest absolute Gasteiger partial charge is 0.394 e. The zero-order valence-corrected chi connectivity index (χ0v) is 13.8. The summed E-state index contributed by atoms with van der Waals surface area (Å²) in [5.74, 6) is -0.159. The van der Waals surface area contributed by atoms with E-state index in [4.69, 9.17) is 0 Å². The number of aliphatic hydroxyl groups excluding tert-OH is 1. The molecule has 0 bridgehead atoms. The molecule has 0 fully saturated rings. The van der Waals surface area contributed by atoms with Crippen LogP contribution in [0.15, 0.2) is 54.6 Å². The number of hydrogen-bond acceptors (Lipinski definition) is 2. The fourth-order valence-electron chi connectivity index (χ4n) is 3.36. The smallest absolute Gasteiger partial charge is 0.252 e. The van der Waals surface area contributed by atoms with E-state index in [2.05, 4.69) is 29.6 Å². The summed E-state index contributed by atoms with van der Waals surface area (Å²) in [6, 6.07) is 18.4. The molecule has 0 radical (unpaired) electrons. The van der Waals surface area contributed by atoms with E-state index in [1.807, 2.05) is 44.2 Å². The van der Waals surface area contributed by atoms with Crippen molar-refractivity contribution >= 4 is 38.2 Å². The predicted molar refractivity (Wildman–Crippen MR) is 98.8 cm³/mol. The first-order valence-corrected chi connectivity index (χ1v) is 8.10. The summed E-state index contributed by atoms with van der Waals surface area (Å²) in [7, 11) is 0. The van der Waals surface area contributed by atoms with Crippen LogP contribution in [0.3, 0.4) is 0 Å². The van der Waals surface area contributed by atoms with E-state index in [0.29, 0.717) is 5.56 Å². The minimum absolute atomic E-state index is 0.109. The van der Waals surface area contributed by atoms with Crippen molar-refractivity contribution in [2.45, 2.75) is 19.4 Å². The molecule has 0 atom stereocenters. The number of amides is 1. The molecule has 0 spiro atoms. The number of nitrogens with one attached hydrogen (secondary N) is 1. The molecule has 3 nitrogen and oxygen atoms in total. The highest BCUT2D eigenvalue weighted by molar-refractivity contribution is 6.27. The molecule has 4 aromatic rings. The Labute approximate surface area is 140 Å². The quantitative estimate of drug-likeness (QED) is 0.559. The molecule has 4 rings (SSSR count). The molecule has 0 aliphatic heterocycles. The lowest BCUT2D eigenvalue weighted by Gasteiger charge is -2.24. The van der Waals surface area contributed by atoms with Gasteiger partial charge in [0.15, 0.2) is 0 Å². The molecule has 0 aromatic heterocycles. The molecule has 3 heteroatoms. The van der Waals surface area contributed by atoms with E-state index < -0.39 is 5.54 Å². The Morgan fingerprint density at radius 2 is 1.58 bits per heavy atom. The number of rotatable bonds is 3. The molecule has 0 unspecified atom stereocenters. The van der Waals surface area contributed by atoms with Gasteiger partial charge >= 0.3 is 0 Å². The number of benzene rings is 4. The molecule has 120 valence electrons. The van der Waals surface area contributed by atoms with Gasteiger partial charge in [0.1, 0.15) is 0 Å². The van der Waals surface area contributed by atoms with Crippen molar-refractivity contribution in [1.82, 2.24) is 5.32 Å². The molecule has 0 aliphatic rings. The Hall–Kier alpha value is -2.65. The Morgan fingerprint density at radius 3 is 2.29 bits per heavy atom. The van der Waals surface area contributed by atoms with Crippen molar-refractivity contribution in [3.05, 3.63) is 60.2 Å². The lowest BCUT2D eigenvalue weighted by atomic mass is 9.91. The summed E-state index contributed by atoms with van der Waals surface area (Å²) >= 11 is 0. The molecule has 2 N–H and O–H groups in total. The highest BCUT2D eigenvalue weighted by atomic mass is 16.3. The van der Waals surface area contributed by atoms with Gasteiger partial charge in [-0.1, -0.05) is 48.5 Å². The Bertz CT molecular complexity index is 1070. The van der Waals surface area contributed by atoms with Crippen LogP contribution >= 0.6 is 0 Å². The van der Waals surface area contributed by atoms with Crippen LogP contribution in [0.25, 0.3) is 32.3 Å². The van der Waals surface area contributed by atoms with Crippen LogP contribution in [-0.2, 0) is 0 Å². The van der Waals surface area contributed by atoms with Crippen LogP contribution < -0.4 is 5.32 Å². The van der Waals surface area contributed by atoms with E-state index in [-0.39, 0.29) is 12.5 Å². The number of hydrogen-bond donors (Lipinski definition) is 2. The molecule has 1 amide bonds. The van der Waals surface area contributed by atoms with Gasteiger partial charge in [0.25, 0.3) is 5.91 Å². The van der Waals surface area contributed by atoms with Crippen LogP contribution in [0.2, 0.25) is 0 Å². The Morgan fingerprint density at radius 1 is 0.958 bits per heavy atom. The van der Waals surface area contributed by atoms with Crippen molar-refractivity contribution < 1.29 is 9.90 Å². The normalized spacial score (nSPS) is 12.3. The second-order valence-electron chi connectivity index (χ2n) is 6.97. The summed E-state index contributed by atoms with van der Waals surface area (Å²) in [5.41, 5.74) is -0.0113. The van der Waals surface area contributed by atoms with Gasteiger partial charge in [-0.2, -0.15) is 0 Å². The summed E-state index contributed by atoms with van der Waals surface area (Å²) in [6.45, 7) is 3.51. The first kappa shape index (κ1) is 14.9. The van der Waals surface area contributed by atoms with E-state index in [9.17, 15) is 9.90 Å². The molecular formula is C21H19NO2. The van der Waals surface area contributed by atoms with Gasteiger partial charge in [0.2, 0.25) is 0 Å². The monoisotopic (exact) mass is 317 g/mol. The van der Waals surface area contributed by atoms with Gasteiger partial charge in [-0.3, -0.25) is 4.79 Å². The van der Waals surface area contributed by atoms with Crippen molar-refractivity contribution in [2.75, 3.05) is 6.61 Å². The van der Waals surface area contributed by atoms with Gasteiger partial charge < -0.3 is 10.4 Å². The van der Waals surface area contributed by atoms with Crippen LogP contribution in [0.4, 0.5) is 0 Å². The standard InChI is InChI=1S/C21H19NO2/c1-21(2,12-23)22-20(24)17-11-15-7-3-5-13-9-10-14-6-4-8-16(17)19(14)18(13)15/h3-11,23H,12H2,1-2H3,(H,22,24). The highest BCUT2D eigenvalue weighted by Gasteiger charge is 2.22. The first-order chi connectivity index (χ1) is 11.5. The van der Waals surface area contributed by atoms with Gasteiger partial charge in [0.05, 0.1) is 12.1 Å². The van der Waals surface area contributed by atoms with Gasteiger partial charge in [-0.25, -0.2) is 0 Å². The maximum atomic E-state index is 12.9. The minimum Gasteiger partial charge on any atom is -0.394 e. The van der Waals surface area contributed by atoms with E-state index in [0.717, 1.165) is 21.5 Å². The third-order valence-electron chi connectivity index (χ3n) is 4.60. The maximum Gasteiger partial charge on any atom is 0.252 e. The third-order valence-corrected chi connectivity index (χ3v) is 4.60. The van der Waals surface area contributed by atoms with Crippen LogP contribution in [0, 0.1) is 0 Å². The molecule has 0 heterocycles. The molecule has 0 aliphatic carbocycles. The predicted octanol–water partition coefficient (Wildman–Crippen LogP) is 4.08. The number of aliphatic hydroxyl groups is 1. The van der Waals surface area contributed by atoms with Crippen LogP contribution in [0.5, 0.6) is 0 Å². The van der Waals surface area contributed by atoms with Crippen molar-refractivity contribution in [3.8, 4) is 0 Å². The zero-order valence-electron chi connectivity index (χ0n) is 13.8. The Kier molecular flexibility index (Phi) is 3.22. The molecule has 24 heavy (non-hydrogen) atoms. The van der Waals surface area contributed by atoms with Crippen molar-refractivity contribution in [3.63, 3.8) is 0 Å². The molecule has 0 saturated carbocycles. The average Bonchev–Trinajstić information content (AvgIpc) is 2.59. The fourth-order valence-corrected chi connectivity index (χ4v) is 3.36. The van der Waals surface area contributed by atoms with Crippen LogP contribution in [-0.4, -0.2) is 23.2 Å². The Balaban J connectivity index is 2.04. The number of carbonyl (C=O) groups is 1. The summed E-state index contributed by atoms with van der Waals surface area (Å²) < 4.78 is 0. The SMILES string of the molecule is CC(C)(CO)NC(=O)c1cc2cccc3ccc4cccc1c4c32. The van der Waals surface area contributed by atoms with Gasteiger partial charge in [-0.15, -0.1) is 0 Å². The zero-order chi connectivity index (χ0) is 16.9. The first-order valence-electron chi connectivity index (χ1n) is 8.10. The van der Waals surface area contributed by atoms with E-state index in [1.165, 1.54) is 10.8 Å². The topological polar surface area (TPSA) is 49.3 Å². The minimum atomic E-state index is -0.658. The van der Waals surface area contributed by atoms with Gasteiger partial charge in [-0.05, 0) is 52.2 Å². The van der Waals surface area contributed by atoms with E-state index in [1.54, 1.807) is 0 Å². The summed E-state index contributed by atoms with van der Waals surface area (Å²) in [4.78, 5) is 12.9. The third kappa shape index (κ3) is 2.21. The van der Waals surface area contributed by atoms with Crippen molar-refractivity contribution in [2.24, 2.45) is 0 Å². The average molecular weight is 317 g/mol. The second kappa shape index (κ2) is 5.18. The highest BCUT2D eigenvalue weighted by Crippen LogP contribution is 2.36. The summed E-state index contributed by atoms with van der Waals surface area (Å²) in [6.07, 6.45) is 0. The van der Waals surface area contributed by atoms with Crippen molar-refractivity contribution in [1.29, 1.82) is 0 Å². The van der Waals surface area contributed by atoms with E-state index >= 15 is 0 Å². The maximum absolute atomic E-state index is 12.9. The fraction of sp³-hybridized carbons (Fsp3) is 0.190. The molecule has 4 aromatic carbocycles. The lowest BCUT2D eigenvalue weighted by Crippen LogP contribution is -2.46.